The second kappa shape index (κ2) is 9.26. The Bertz CT molecular complexity index is 903. The van der Waals surface area contributed by atoms with Crippen molar-refractivity contribution in [2.75, 3.05) is 13.1 Å². The third-order valence-electron chi connectivity index (χ3n) is 4.92. The summed E-state index contributed by atoms with van der Waals surface area (Å²) in [6.07, 6.45) is 4.66. The highest BCUT2D eigenvalue weighted by molar-refractivity contribution is 6.42. The molecule has 1 aliphatic heterocycles. The molecule has 1 fully saturated rings. The topological polar surface area (TPSA) is 49.4 Å². The minimum Gasteiger partial charge on any atom is -0.349 e. The van der Waals surface area contributed by atoms with Crippen LogP contribution in [0, 0.1) is 6.92 Å². The van der Waals surface area contributed by atoms with Gasteiger partial charge in [-0.25, -0.2) is 0 Å². The Morgan fingerprint density at radius 3 is 2.50 bits per heavy atom. The maximum Gasteiger partial charge on any atom is 0.251 e. The summed E-state index contributed by atoms with van der Waals surface area (Å²) in [5.74, 6) is -0.127. The van der Waals surface area contributed by atoms with Crippen LogP contribution in [0.25, 0.3) is 6.08 Å². The van der Waals surface area contributed by atoms with Gasteiger partial charge in [-0.1, -0.05) is 53.5 Å². The molecule has 6 heteroatoms. The normalized spacial score (nSPS) is 15.0. The van der Waals surface area contributed by atoms with Gasteiger partial charge in [-0.05, 0) is 49.1 Å². The summed E-state index contributed by atoms with van der Waals surface area (Å²) >= 11 is 12.1. The number of rotatable bonds is 4. The SMILES string of the molecule is Cc1ccccc1C(=O)NC1CCN(C(=O)/C=C/c2cccc(Cl)c2Cl)CC1. The molecule has 0 unspecified atom stereocenters. The molecular formula is C22H22Cl2N2O2. The molecule has 2 aromatic carbocycles. The Labute approximate surface area is 175 Å². The van der Waals surface area contributed by atoms with Gasteiger partial charge in [-0.15, -0.1) is 0 Å². The number of carbonyl (C=O) groups excluding carboxylic acids is 2. The molecule has 0 atom stereocenters. The molecule has 1 aliphatic rings. The van der Waals surface area contributed by atoms with Gasteiger partial charge in [0.05, 0.1) is 10.0 Å². The van der Waals surface area contributed by atoms with Crippen LogP contribution >= 0.6 is 23.2 Å². The lowest BCUT2D eigenvalue weighted by Crippen LogP contribution is -2.46. The van der Waals surface area contributed by atoms with Crippen LogP contribution in [0.1, 0.15) is 34.3 Å². The number of hydrogen-bond donors (Lipinski definition) is 1. The minimum absolute atomic E-state index is 0.0571. The van der Waals surface area contributed by atoms with E-state index in [1.165, 1.54) is 6.08 Å². The fraction of sp³-hybridized carbons (Fsp3) is 0.273. The summed E-state index contributed by atoms with van der Waals surface area (Å²) < 4.78 is 0. The molecule has 28 heavy (non-hydrogen) atoms. The number of aryl methyl sites for hydroxylation is 1. The molecule has 4 nitrogen and oxygen atoms in total. The highest BCUT2D eigenvalue weighted by Crippen LogP contribution is 2.26. The molecule has 0 radical (unpaired) electrons. The number of likely N-dealkylation sites (tertiary alicyclic amines) is 1. The summed E-state index contributed by atoms with van der Waals surface area (Å²) in [5, 5.41) is 3.98. The predicted molar refractivity (Wildman–Crippen MR) is 114 cm³/mol. The fourth-order valence-electron chi connectivity index (χ4n) is 3.25. The third kappa shape index (κ3) is 4.94. The number of nitrogens with one attached hydrogen (secondary N) is 1. The molecule has 3 rings (SSSR count). The van der Waals surface area contributed by atoms with Crippen LogP contribution in [0.3, 0.4) is 0 Å². The van der Waals surface area contributed by atoms with Crippen LogP contribution < -0.4 is 5.32 Å². The molecular weight excluding hydrogens is 395 g/mol. The van der Waals surface area contributed by atoms with Crippen molar-refractivity contribution in [3.05, 3.63) is 75.3 Å². The summed E-state index contributed by atoms with van der Waals surface area (Å²) in [6, 6.07) is 12.9. The Morgan fingerprint density at radius 1 is 1.07 bits per heavy atom. The quantitative estimate of drug-likeness (QED) is 0.731. The van der Waals surface area contributed by atoms with E-state index in [1.807, 2.05) is 37.3 Å². The summed E-state index contributed by atoms with van der Waals surface area (Å²) in [7, 11) is 0. The molecule has 1 N–H and O–H groups in total. The fourth-order valence-corrected chi connectivity index (χ4v) is 3.62. The van der Waals surface area contributed by atoms with E-state index in [1.54, 1.807) is 23.1 Å². The zero-order valence-electron chi connectivity index (χ0n) is 15.6. The van der Waals surface area contributed by atoms with Crippen molar-refractivity contribution in [3.8, 4) is 0 Å². The standard InChI is InChI=1S/C22H22Cl2N2O2/c1-15-5-2-3-7-18(15)22(28)25-17-11-13-26(14-12-17)20(27)10-9-16-6-4-8-19(23)21(16)24/h2-10,17H,11-14H2,1H3,(H,25,28)/b10-9+. The van der Waals surface area contributed by atoms with Crippen molar-refractivity contribution in [1.29, 1.82) is 0 Å². The first-order chi connectivity index (χ1) is 13.5. The molecule has 0 saturated carbocycles. The Kier molecular flexibility index (Phi) is 6.76. The lowest BCUT2D eigenvalue weighted by Gasteiger charge is -2.31. The van der Waals surface area contributed by atoms with Crippen LogP contribution in [0.15, 0.2) is 48.5 Å². The van der Waals surface area contributed by atoms with Gasteiger partial charge in [-0.2, -0.15) is 0 Å². The number of nitrogens with zero attached hydrogens (tertiary/aromatic N) is 1. The summed E-state index contributed by atoms with van der Waals surface area (Å²) in [5.41, 5.74) is 2.36. The van der Waals surface area contributed by atoms with Gasteiger partial charge in [0, 0.05) is 30.8 Å². The third-order valence-corrected chi connectivity index (χ3v) is 5.75. The van der Waals surface area contributed by atoms with Crippen LogP contribution in [-0.4, -0.2) is 35.8 Å². The van der Waals surface area contributed by atoms with E-state index in [-0.39, 0.29) is 17.9 Å². The number of halogens is 2. The minimum atomic E-state index is -0.0697. The van der Waals surface area contributed by atoms with Crippen molar-refractivity contribution in [2.45, 2.75) is 25.8 Å². The molecule has 1 saturated heterocycles. The number of amides is 2. The number of benzene rings is 2. The lowest BCUT2D eigenvalue weighted by atomic mass is 10.0. The van der Waals surface area contributed by atoms with Crippen molar-refractivity contribution < 1.29 is 9.59 Å². The van der Waals surface area contributed by atoms with E-state index in [4.69, 9.17) is 23.2 Å². The van der Waals surface area contributed by atoms with Gasteiger partial charge in [0.1, 0.15) is 0 Å². The Hall–Kier alpha value is -2.30. The van der Waals surface area contributed by atoms with E-state index in [9.17, 15) is 9.59 Å². The zero-order chi connectivity index (χ0) is 20.1. The summed E-state index contributed by atoms with van der Waals surface area (Å²) in [6.45, 7) is 3.13. The average molecular weight is 417 g/mol. The molecule has 146 valence electrons. The molecule has 0 aromatic heterocycles. The Balaban J connectivity index is 1.53. The van der Waals surface area contributed by atoms with E-state index < -0.39 is 0 Å². The predicted octanol–water partition coefficient (Wildman–Crippen LogP) is 4.74. The Morgan fingerprint density at radius 2 is 1.79 bits per heavy atom. The molecule has 0 spiro atoms. The van der Waals surface area contributed by atoms with Gasteiger partial charge in [0.15, 0.2) is 0 Å². The highest BCUT2D eigenvalue weighted by Gasteiger charge is 2.23. The number of hydrogen-bond acceptors (Lipinski definition) is 2. The second-order valence-electron chi connectivity index (χ2n) is 6.86. The number of carbonyl (C=O) groups is 2. The lowest BCUT2D eigenvalue weighted by molar-refractivity contribution is -0.126. The molecule has 2 amide bonds. The first-order valence-corrected chi connectivity index (χ1v) is 9.99. The van der Waals surface area contributed by atoms with Gasteiger partial charge < -0.3 is 10.2 Å². The monoisotopic (exact) mass is 416 g/mol. The molecule has 0 aliphatic carbocycles. The zero-order valence-corrected chi connectivity index (χ0v) is 17.1. The van der Waals surface area contributed by atoms with Crippen LogP contribution in [0.5, 0.6) is 0 Å². The van der Waals surface area contributed by atoms with Crippen molar-refractivity contribution in [1.82, 2.24) is 10.2 Å². The molecule has 1 heterocycles. The van der Waals surface area contributed by atoms with Crippen LogP contribution in [-0.2, 0) is 4.79 Å². The van der Waals surface area contributed by atoms with Crippen molar-refractivity contribution in [3.63, 3.8) is 0 Å². The van der Waals surface area contributed by atoms with Gasteiger partial charge in [0.25, 0.3) is 5.91 Å². The second-order valence-corrected chi connectivity index (χ2v) is 7.65. The summed E-state index contributed by atoms with van der Waals surface area (Å²) in [4.78, 5) is 26.7. The van der Waals surface area contributed by atoms with Gasteiger partial charge in [0.2, 0.25) is 5.91 Å². The van der Waals surface area contributed by atoms with E-state index >= 15 is 0 Å². The smallest absolute Gasteiger partial charge is 0.251 e. The average Bonchev–Trinajstić information content (AvgIpc) is 2.69. The first-order valence-electron chi connectivity index (χ1n) is 9.23. The molecule has 2 aromatic rings. The van der Waals surface area contributed by atoms with E-state index in [0.717, 1.165) is 18.4 Å². The molecule has 0 bridgehead atoms. The largest absolute Gasteiger partial charge is 0.349 e. The van der Waals surface area contributed by atoms with Crippen LogP contribution in [0.2, 0.25) is 10.0 Å². The first kappa shape index (κ1) is 20.4. The van der Waals surface area contributed by atoms with Crippen molar-refractivity contribution >= 4 is 41.1 Å². The van der Waals surface area contributed by atoms with E-state index in [2.05, 4.69) is 5.32 Å². The van der Waals surface area contributed by atoms with Crippen molar-refractivity contribution in [2.24, 2.45) is 0 Å². The maximum atomic E-state index is 12.4. The maximum absolute atomic E-state index is 12.4. The van der Waals surface area contributed by atoms with E-state index in [0.29, 0.717) is 34.3 Å². The number of piperidine rings is 1. The van der Waals surface area contributed by atoms with Crippen LogP contribution in [0.4, 0.5) is 0 Å². The highest BCUT2D eigenvalue weighted by atomic mass is 35.5. The van der Waals surface area contributed by atoms with Gasteiger partial charge >= 0.3 is 0 Å². The van der Waals surface area contributed by atoms with Gasteiger partial charge in [-0.3, -0.25) is 9.59 Å².